The van der Waals surface area contributed by atoms with Crippen molar-refractivity contribution in [3.63, 3.8) is 0 Å². The van der Waals surface area contributed by atoms with E-state index in [1.165, 1.54) is 52.9 Å². The molecule has 350 valence electrons. The van der Waals surface area contributed by atoms with Gasteiger partial charge in [0.15, 0.2) is 0 Å². The molecule has 0 N–H and O–H groups in total. The molecular weight excluding hydrogens is 957 g/mol. The van der Waals surface area contributed by atoms with E-state index in [0.29, 0.717) is 17.7 Å². The number of hydrogen-bond donors (Lipinski definition) is 0. The molecule has 0 unspecified atom stereocenters. The Labute approximate surface area is 399 Å². The highest BCUT2D eigenvalue weighted by atomic mass is 32.1. The first-order valence-corrected chi connectivity index (χ1v) is 23.1. The average molecular weight is 1010 g/mol. The van der Waals surface area contributed by atoms with Crippen LogP contribution in [0.4, 0.5) is 0 Å². The molecule has 0 saturated carbocycles. The number of rotatable bonds is 0. The van der Waals surface area contributed by atoms with Crippen molar-refractivity contribution < 1.29 is 18.1 Å². The quantitative estimate of drug-likeness (QED) is 0.138. The molecule has 24 nitrogen and oxygen atoms in total. The molecular formula is C35H50N20O4S6. The summed E-state index contributed by atoms with van der Waals surface area (Å²) in [6, 6.07) is 0. The summed E-state index contributed by atoms with van der Waals surface area (Å²) in [5, 5.41) is 47.9. The van der Waals surface area contributed by atoms with Gasteiger partial charge in [0.25, 0.3) is 0 Å². The number of hydrogen-bond acceptors (Lipinski definition) is 30. The van der Waals surface area contributed by atoms with Crippen LogP contribution in [0.25, 0.3) is 0 Å². The monoisotopic (exact) mass is 1010 g/mol. The van der Waals surface area contributed by atoms with Gasteiger partial charge in [-0.1, -0.05) is 20.6 Å². The van der Waals surface area contributed by atoms with Crippen LogP contribution in [0.5, 0.6) is 0 Å². The number of aromatic nitrogens is 20. The maximum absolute atomic E-state index is 4.86. The topological polar surface area (TPSA) is 310 Å². The van der Waals surface area contributed by atoms with Crippen molar-refractivity contribution in [3.8, 4) is 0 Å². The molecule has 10 aromatic heterocycles. The van der Waals surface area contributed by atoms with Crippen LogP contribution in [0.1, 0.15) is 82.7 Å². The van der Waals surface area contributed by atoms with E-state index in [-0.39, 0.29) is 0 Å². The molecule has 0 amide bonds. The molecule has 30 heteroatoms. The average Bonchev–Trinajstić information content (AvgIpc) is 4.09. The Balaban J connectivity index is 0.000000361. The zero-order valence-electron chi connectivity index (χ0n) is 38.4. The normalized spacial score (nSPS) is 9.15. The Bertz CT molecular complexity index is 2130. The number of aryl methyl sites for hydroxylation is 15. The standard InChI is InChI=1S/2C4H6N2O.3C4H6N2S.2C3H4N2O.3C3H4N2S/c1-3-5-6-4(2)7-3;1-3-4(2)6-7-5-3;1-3-5-6-4(2)7-3;1-3-5-4(2)7-6-3;1-3-4(2)6-7-5-3;1-3-5-4-2-6-3;1-3-2-4-6-5-3;1-3-5-4-2-6-3;1-3-4-2-5-6-3;1-3-2-4-6-5-3/h5*1-2H3;5*2H,1H3. The van der Waals surface area contributed by atoms with Gasteiger partial charge in [0.05, 0.1) is 52.9 Å². The first-order valence-electron chi connectivity index (χ1n) is 18.4. The zero-order chi connectivity index (χ0) is 48.4. The largest absolute Gasteiger partial charge is 0.428 e. The lowest BCUT2D eigenvalue weighted by Crippen LogP contribution is -1.71. The van der Waals surface area contributed by atoms with Gasteiger partial charge in [-0.05, 0) is 106 Å². The Morgan fingerprint density at radius 1 is 0.477 bits per heavy atom. The fourth-order valence-corrected chi connectivity index (χ4v) is 5.57. The molecule has 0 spiro atoms. The summed E-state index contributed by atoms with van der Waals surface area (Å²) in [5.74, 6) is 2.73. The minimum Gasteiger partial charge on any atom is -0.428 e. The van der Waals surface area contributed by atoms with E-state index in [1.54, 1.807) is 67.7 Å². The van der Waals surface area contributed by atoms with Gasteiger partial charge < -0.3 is 8.83 Å². The number of nitrogens with zero attached hydrogens (tertiary/aromatic N) is 20. The highest BCUT2D eigenvalue weighted by Crippen LogP contribution is 2.04. The highest BCUT2D eigenvalue weighted by Gasteiger charge is 1.94. The molecule has 0 bridgehead atoms. The molecule has 0 saturated heterocycles. The first-order chi connectivity index (χ1) is 30.9. The van der Waals surface area contributed by atoms with Crippen LogP contribution in [0.2, 0.25) is 0 Å². The van der Waals surface area contributed by atoms with Crippen LogP contribution >= 0.6 is 69.2 Å². The Morgan fingerprint density at radius 3 is 1.28 bits per heavy atom. The molecule has 0 fully saturated rings. The first kappa shape index (κ1) is 56.9. The molecule has 10 rings (SSSR count). The van der Waals surface area contributed by atoms with Gasteiger partial charge in [-0.25, -0.2) is 19.2 Å². The van der Waals surface area contributed by atoms with E-state index in [2.05, 4.69) is 111 Å². The maximum Gasteiger partial charge on any atom is 0.213 e. The van der Waals surface area contributed by atoms with Crippen LogP contribution in [0, 0.1) is 104 Å². The van der Waals surface area contributed by atoms with Crippen LogP contribution < -0.4 is 0 Å². The van der Waals surface area contributed by atoms with E-state index >= 15 is 0 Å². The van der Waals surface area contributed by atoms with Crippen molar-refractivity contribution in [3.05, 3.63) is 113 Å². The van der Waals surface area contributed by atoms with Gasteiger partial charge in [0, 0.05) is 20.8 Å². The highest BCUT2D eigenvalue weighted by molar-refractivity contribution is 7.11. The predicted octanol–water partition coefficient (Wildman–Crippen LogP) is 8.13. The summed E-state index contributed by atoms with van der Waals surface area (Å²) in [6.07, 6.45) is 6.15. The smallest absolute Gasteiger partial charge is 0.213 e. The van der Waals surface area contributed by atoms with E-state index in [9.17, 15) is 0 Å². The third kappa shape index (κ3) is 31.4. The van der Waals surface area contributed by atoms with Crippen LogP contribution in [0.3, 0.4) is 0 Å². The fourth-order valence-electron chi connectivity index (χ4n) is 2.85. The molecule has 10 aromatic rings. The molecule has 0 aromatic carbocycles. The third-order valence-electron chi connectivity index (χ3n) is 5.99. The summed E-state index contributed by atoms with van der Waals surface area (Å²) in [4.78, 5) is 7.84. The van der Waals surface area contributed by atoms with E-state index < -0.39 is 0 Å². The fraction of sp³-hybridized carbons (Fsp3) is 0.429. The van der Waals surface area contributed by atoms with Crippen LogP contribution in [-0.4, -0.2) is 97.6 Å². The minimum absolute atomic E-state index is 0.606. The lowest BCUT2D eigenvalue weighted by Gasteiger charge is -1.75. The van der Waals surface area contributed by atoms with Gasteiger partial charge in [0.1, 0.15) is 59.8 Å². The summed E-state index contributed by atoms with van der Waals surface area (Å²) in [6.45, 7) is 28.2. The van der Waals surface area contributed by atoms with Gasteiger partial charge in [-0.2, -0.15) is 26.2 Å². The van der Waals surface area contributed by atoms with Crippen LogP contribution in [0.15, 0.2) is 48.7 Å². The van der Waals surface area contributed by atoms with Crippen molar-refractivity contribution in [2.24, 2.45) is 0 Å². The molecule has 10 heterocycles. The third-order valence-corrected chi connectivity index (χ3v) is 9.93. The van der Waals surface area contributed by atoms with Gasteiger partial charge in [0.2, 0.25) is 24.1 Å². The lowest BCUT2D eigenvalue weighted by molar-refractivity contribution is 0.302. The molecule has 0 radical (unpaired) electrons. The van der Waals surface area contributed by atoms with E-state index in [1.807, 2.05) is 83.1 Å². The minimum atomic E-state index is 0.606. The Morgan fingerprint density at radius 2 is 1.12 bits per heavy atom. The lowest BCUT2D eigenvalue weighted by atomic mass is 10.4. The van der Waals surface area contributed by atoms with Gasteiger partial charge >= 0.3 is 0 Å². The SMILES string of the molecule is Cc1cnon1.Cc1cnsn1.Cc1ncns1.Cc1nnc(C)o1.Cc1nnc(C)s1.Cc1nnco1.Cc1nncs1.Cc1nonc1C.Cc1nsc(C)n1.Cc1nsnc1C. The second-order valence-corrected chi connectivity index (χ2v) is 17.3. The summed E-state index contributed by atoms with van der Waals surface area (Å²) >= 11 is 8.54. The molecule has 0 atom stereocenters. The van der Waals surface area contributed by atoms with Crippen molar-refractivity contribution >= 4 is 69.2 Å². The Hall–Kier alpha value is -6.08. The van der Waals surface area contributed by atoms with Crippen molar-refractivity contribution in [2.75, 3.05) is 0 Å². The van der Waals surface area contributed by atoms with Crippen LogP contribution in [-0.2, 0) is 0 Å². The van der Waals surface area contributed by atoms with Crippen molar-refractivity contribution in [2.45, 2.75) is 104 Å². The molecule has 65 heavy (non-hydrogen) atoms. The second-order valence-electron chi connectivity index (χ2n) is 11.9. The summed E-state index contributed by atoms with van der Waals surface area (Å²) < 4.78 is 41.2. The van der Waals surface area contributed by atoms with E-state index in [4.69, 9.17) is 4.42 Å². The molecule has 0 aliphatic heterocycles. The van der Waals surface area contributed by atoms with Gasteiger partial charge in [-0.15, -0.1) is 63.5 Å². The maximum atomic E-state index is 4.86. The second kappa shape index (κ2) is 34.3. The summed E-state index contributed by atoms with van der Waals surface area (Å²) in [5.41, 5.74) is 7.35. The van der Waals surface area contributed by atoms with Crippen molar-refractivity contribution in [1.82, 2.24) is 97.6 Å². The van der Waals surface area contributed by atoms with E-state index in [0.717, 1.165) is 65.0 Å². The Kier molecular flexibility index (Phi) is 30.1. The van der Waals surface area contributed by atoms with Crippen molar-refractivity contribution in [1.29, 1.82) is 0 Å². The molecule has 0 aliphatic carbocycles. The zero-order valence-corrected chi connectivity index (χ0v) is 43.3. The van der Waals surface area contributed by atoms with Gasteiger partial charge in [-0.3, -0.25) is 0 Å². The summed E-state index contributed by atoms with van der Waals surface area (Å²) in [7, 11) is 0. The predicted molar refractivity (Wildman–Crippen MR) is 248 cm³/mol. The molecule has 0 aliphatic rings.